The van der Waals surface area contributed by atoms with Gasteiger partial charge < -0.3 is 9.64 Å². The van der Waals surface area contributed by atoms with Crippen LogP contribution in [0.2, 0.25) is 0 Å². The lowest BCUT2D eigenvalue weighted by atomic mass is 10.1. The first-order chi connectivity index (χ1) is 12.5. The second-order valence-corrected chi connectivity index (χ2v) is 7.09. The maximum atomic E-state index is 14.5. The quantitative estimate of drug-likeness (QED) is 0.643. The van der Waals surface area contributed by atoms with Crippen molar-refractivity contribution in [1.29, 1.82) is 0 Å². The van der Waals surface area contributed by atoms with E-state index in [1.807, 2.05) is 23.3 Å². The number of aromatic nitrogens is 1. The third kappa shape index (κ3) is 4.64. The summed E-state index contributed by atoms with van der Waals surface area (Å²) in [5, 5.41) is 6.85. The van der Waals surface area contributed by atoms with E-state index in [0.717, 1.165) is 10.7 Å². The first kappa shape index (κ1) is 18.5. The molecule has 1 saturated heterocycles. The lowest BCUT2D eigenvalue weighted by molar-refractivity contribution is -0.120. The Labute approximate surface area is 155 Å². The van der Waals surface area contributed by atoms with E-state index < -0.39 is 0 Å². The van der Waals surface area contributed by atoms with Gasteiger partial charge in [0.15, 0.2) is 0 Å². The summed E-state index contributed by atoms with van der Waals surface area (Å²) >= 11 is 1.50. The molecule has 0 atom stereocenters. The van der Waals surface area contributed by atoms with Crippen LogP contribution in [0.4, 0.5) is 10.1 Å². The number of morpholine rings is 1. The second-order valence-electron chi connectivity index (χ2n) is 6.03. The molecule has 0 radical (unpaired) electrons. The van der Waals surface area contributed by atoms with Crippen LogP contribution >= 0.6 is 11.3 Å². The minimum Gasteiger partial charge on any atom is -0.378 e. The minimum atomic E-state index is -0.303. The molecule has 26 heavy (non-hydrogen) atoms. The van der Waals surface area contributed by atoms with Gasteiger partial charge in [0.25, 0.3) is 0 Å². The molecule has 2 heterocycles. The lowest BCUT2D eigenvalue weighted by Crippen LogP contribution is -2.36. The molecule has 8 heteroatoms. The Kier molecular flexibility index (Phi) is 5.95. The van der Waals surface area contributed by atoms with Gasteiger partial charge in [0.1, 0.15) is 5.82 Å². The molecule has 6 nitrogen and oxygen atoms in total. The molecule has 1 aliphatic rings. The first-order valence-electron chi connectivity index (χ1n) is 8.39. The Morgan fingerprint density at radius 3 is 2.85 bits per heavy atom. The molecule has 0 aliphatic carbocycles. The Bertz CT molecular complexity index is 815. The maximum absolute atomic E-state index is 14.5. The molecule has 0 unspecified atom stereocenters. The average Bonchev–Trinajstić information content (AvgIpc) is 3.05. The number of aryl methyl sites for hydroxylation is 1. The lowest BCUT2D eigenvalue weighted by Gasteiger charge is -2.29. The molecule has 1 aliphatic heterocycles. The fourth-order valence-electron chi connectivity index (χ4n) is 2.70. The van der Waals surface area contributed by atoms with Crippen LogP contribution in [0.5, 0.6) is 0 Å². The molecular formula is C18H21FN4O2S. The van der Waals surface area contributed by atoms with Crippen molar-refractivity contribution in [2.24, 2.45) is 5.10 Å². The van der Waals surface area contributed by atoms with E-state index in [4.69, 9.17) is 4.74 Å². The number of anilines is 1. The fraction of sp³-hybridized carbons (Fsp3) is 0.389. The number of hydrazone groups is 1. The highest BCUT2D eigenvalue weighted by Crippen LogP contribution is 2.22. The zero-order valence-corrected chi connectivity index (χ0v) is 15.6. The number of benzene rings is 1. The van der Waals surface area contributed by atoms with Crippen LogP contribution in [0.3, 0.4) is 0 Å². The van der Waals surface area contributed by atoms with Crippen molar-refractivity contribution in [2.75, 3.05) is 31.2 Å². The van der Waals surface area contributed by atoms with Crippen LogP contribution in [0.1, 0.15) is 23.2 Å². The monoisotopic (exact) mass is 376 g/mol. The van der Waals surface area contributed by atoms with Gasteiger partial charge in [0, 0.05) is 24.0 Å². The standard InChI is InChI=1S/C18H21FN4O2S/c1-12(21-22-18(24)10-15-11-26-13(2)20-15)14-3-4-17(16(19)9-14)23-5-7-25-8-6-23/h3-4,9,11H,5-8,10H2,1-2H3,(H,22,24)/b21-12-. The van der Waals surface area contributed by atoms with Crippen LogP contribution in [-0.4, -0.2) is 42.9 Å². The molecule has 1 aromatic heterocycles. The van der Waals surface area contributed by atoms with Gasteiger partial charge in [-0.2, -0.15) is 5.10 Å². The first-order valence-corrected chi connectivity index (χ1v) is 9.27. The van der Waals surface area contributed by atoms with Crippen molar-refractivity contribution in [3.8, 4) is 0 Å². The number of amides is 1. The number of halogens is 1. The van der Waals surface area contributed by atoms with Gasteiger partial charge in [-0.05, 0) is 26.0 Å². The van der Waals surface area contributed by atoms with E-state index in [0.29, 0.717) is 43.3 Å². The summed E-state index contributed by atoms with van der Waals surface area (Å²) in [6.07, 6.45) is 0.172. The number of rotatable bonds is 5. The van der Waals surface area contributed by atoms with Crippen LogP contribution < -0.4 is 10.3 Å². The zero-order chi connectivity index (χ0) is 18.5. The number of hydrogen-bond acceptors (Lipinski definition) is 6. The molecule has 1 amide bonds. The SMILES string of the molecule is C/C(=N/NC(=O)Cc1csc(C)n1)c1ccc(N2CCOCC2)c(F)c1. The van der Waals surface area contributed by atoms with Gasteiger partial charge in [-0.25, -0.2) is 14.8 Å². The largest absolute Gasteiger partial charge is 0.378 e. The van der Waals surface area contributed by atoms with Crippen LogP contribution in [0.15, 0.2) is 28.7 Å². The number of nitrogens with one attached hydrogen (secondary N) is 1. The molecule has 1 fully saturated rings. The Morgan fingerprint density at radius 2 is 2.19 bits per heavy atom. The third-order valence-electron chi connectivity index (χ3n) is 4.07. The van der Waals surface area contributed by atoms with Gasteiger partial charge in [0.2, 0.25) is 5.91 Å². The van der Waals surface area contributed by atoms with Crippen LogP contribution in [-0.2, 0) is 16.0 Å². The summed E-state index contributed by atoms with van der Waals surface area (Å²) in [4.78, 5) is 18.2. The number of carbonyl (C=O) groups is 1. The van der Waals surface area contributed by atoms with Crippen LogP contribution in [0.25, 0.3) is 0 Å². The second kappa shape index (κ2) is 8.37. The highest BCUT2D eigenvalue weighted by atomic mass is 32.1. The minimum absolute atomic E-state index is 0.172. The van der Waals surface area contributed by atoms with Crippen molar-refractivity contribution in [3.05, 3.63) is 45.7 Å². The summed E-state index contributed by atoms with van der Waals surface area (Å²) in [6, 6.07) is 5.00. The smallest absolute Gasteiger partial charge is 0.246 e. The van der Waals surface area contributed by atoms with Gasteiger partial charge in [0.05, 0.1) is 41.7 Å². The van der Waals surface area contributed by atoms with Crippen molar-refractivity contribution in [1.82, 2.24) is 10.4 Å². The van der Waals surface area contributed by atoms with E-state index >= 15 is 0 Å². The maximum Gasteiger partial charge on any atom is 0.246 e. The van der Waals surface area contributed by atoms with Crippen molar-refractivity contribution in [2.45, 2.75) is 20.3 Å². The van der Waals surface area contributed by atoms with Gasteiger partial charge >= 0.3 is 0 Å². The molecule has 1 N–H and O–H groups in total. The zero-order valence-electron chi connectivity index (χ0n) is 14.8. The summed E-state index contributed by atoms with van der Waals surface area (Å²) < 4.78 is 19.7. The predicted molar refractivity (Wildman–Crippen MR) is 100 cm³/mol. The normalized spacial score (nSPS) is 15.2. The number of carbonyl (C=O) groups excluding carboxylic acids is 1. The summed E-state index contributed by atoms with van der Waals surface area (Å²) in [5.74, 6) is -0.553. The van der Waals surface area contributed by atoms with E-state index in [2.05, 4.69) is 15.5 Å². The molecule has 138 valence electrons. The number of ether oxygens (including phenoxy) is 1. The predicted octanol–water partition coefficient (Wildman–Crippen LogP) is 2.51. The Balaban J connectivity index is 1.63. The molecular weight excluding hydrogens is 355 g/mol. The molecule has 3 rings (SSSR count). The van der Waals surface area contributed by atoms with Gasteiger partial charge in [-0.15, -0.1) is 11.3 Å². The number of nitrogens with zero attached hydrogens (tertiary/aromatic N) is 3. The van der Waals surface area contributed by atoms with Crippen molar-refractivity contribution >= 4 is 28.6 Å². The van der Waals surface area contributed by atoms with E-state index in [1.54, 1.807) is 13.0 Å². The molecule has 2 aromatic rings. The van der Waals surface area contributed by atoms with E-state index in [-0.39, 0.29) is 18.1 Å². The Morgan fingerprint density at radius 1 is 1.42 bits per heavy atom. The summed E-state index contributed by atoms with van der Waals surface area (Å²) in [7, 11) is 0. The molecule has 0 bridgehead atoms. The van der Waals surface area contributed by atoms with Crippen LogP contribution in [0, 0.1) is 12.7 Å². The Hall–Kier alpha value is -2.32. The van der Waals surface area contributed by atoms with E-state index in [9.17, 15) is 9.18 Å². The van der Waals surface area contributed by atoms with Crippen molar-refractivity contribution < 1.29 is 13.9 Å². The van der Waals surface area contributed by atoms with E-state index in [1.165, 1.54) is 17.4 Å². The van der Waals surface area contributed by atoms with Gasteiger partial charge in [-0.3, -0.25) is 4.79 Å². The number of hydrogen-bond donors (Lipinski definition) is 1. The summed E-state index contributed by atoms with van der Waals surface area (Å²) in [6.45, 7) is 6.18. The third-order valence-corrected chi connectivity index (χ3v) is 4.90. The molecule has 0 saturated carbocycles. The number of thiazole rings is 1. The summed E-state index contributed by atoms with van der Waals surface area (Å²) in [5.41, 5.74) is 4.96. The highest BCUT2D eigenvalue weighted by Gasteiger charge is 2.16. The highest BCUT2D eigenvalue weighted by molar-refractivity contribution is 7.09. The average molecular weight is 376 g/mol. The molecule has 0 spiro atoms. The topological polar surface area (TPSA) is 66.8 Å². The van der Waals surface area contributed by atoms with Crippen molar-refractivity contribution in [3.63, 3.8) is 0 Å². The van der Waals surface area contributed by atoms with Gasteiger partial charge in [-0.1, -0.05) is 6.07 Å². The molecule has 1 aromatic carbocycles. The fourth-order valence-corrected chi connectivity index (χ4v) is 3.31.